The van der Waals surface area contributed by atoms with E-state index in [0.717, 1.165) is 55.2 Å². The van der Waals surface area contributed by atoms with Gasteiger partial charge >= 0.3 is 12.1 Å². The van der Waals surface area contributed by atoms with Crippen molar-refractivity contribution in [3.8, 4) is 0 Å². The van der Waals surface area contributed by atoms with Gasteiger partial charge in [-0.15, -0.1) is 0 Å². The van der Waals surface area contributed by atoms with Crippen molar-refractivity contribution in [2.45, 2.75) is 77.6 Å². The van der Waals surface area contributed by atoms with Crippen molar-refractivity contribution in [3.05, 3.63) is 81.9 Å². The molecule has 1 fully saturated rings. The van der Waals surface area contributed by atoms with Crippen molar-refractivity contribution in [1.82, 2.24) is 5.32 Å². The molecule has 2 aromatic carbocycles. The third-order valence-corrected chi connectivity index (χ3v) is 6.86. The highest BCUT2D eigenvalue weighted by atomic mass is 19.4. The fraction of sp³-hybridized carbons (Fsp3) is 0.448. The molecule has 0 aliphatic heterocycles. The number of hydrogen-bond donors (Lipinski definition) is 2. The van der Waals surface area contributed by atoms with Crippen molar-refractivity contribution in [1.29, 1.82) is 0 Å². The van der Waals surface area contributed by atoms with Gasteiger partial charge in [0.15, 0.2) is 0 Å². The molecule has 0 amide bonds. The van der Waals surface area contributed by atoms with E-state index >= 15 is 0 Å². The van der Waals surface area contributed by atoms with E-state index in [0.29, 0.717) is 23.4 Å². The average Bonchev–Trinajstić information content (AvgIpc) is 2.88. The third-order valence-electron chi connectivity index (χ3n) is 6.86. The number of aliphatic carboxylic acids is 1. The van der Waals surface area contributed by atoms with E-state index < -0.39 is 17.7 Å². The van der Waals surface area contributed by atoms with Gasteiger partial charge in [0.1, 0.15) is 6.61 Å². The van der Waals surface area contributed by atoms with Gasteiger partial charge < -0.3 is 15.3 Å². The van der Waals surface area contributed by atoms with Crippen molar-refractivity contribution < 1.29 is 27.9 Å². The number of carboxylic acid groups (broad SMARTS) is 1. The lowest BCUT2D eigenvalue weighted by Gasteiger charge is -2.25. The van der Waals surface area contributed by atoms with Gasteiger partial charge in [0.25, 0.3) is 0 Å². The summed E-state index contributed by atoms with van der Waals surface area (Å²) in [5, 5.41) is 16.2. The Morgan fingerprint density at radius 1 is 1.14 bits per heavy atom. The summed E-state index contributed by atoms with van der Waals surface area (Å²) in [5.41, 5.74) is 3.93. The lowest BCUT2D eigenvalue weighted by Crippen LogP contribution is -2.20. The van der Waals surface area contributed by atoms with Crippen molar-refractivity contribution >= 4 is 11.7 Å². The number of alkyl halides is 3. The minimum absolute atomic E-state index is 0.0393. The van der Waals surface area contributed by atoms with Crippen LogP contribution in [-0.4, -0.2) is 23.3 Å². The van der Waals surface area contributed by atoms with E-state index in [9.17, 15) is 18.0 Å². The van der Waals surface area contributed by atoms with Crippen LogP contribution < -0.4 is 5.32 Å². The van der Waals surface area contributed by atoms with Crippen LogP contribution in [0.2, 0.25) is 0 Å². The number of rotatable bonds is 11. The lowest BCUT2D eigenvalue weighted by atomic mass is 9.81. The molecule has 1 aliphatic rings. The van der Waals surface area contributed by atoms with E-state index in [-0.39, 0.29) is 24.6 Å². The Bertz CT molecular complexity index is 1140. The highest BCUT2D eigenvalue weighted by Crippen LogP contribution is 2.41. The first-order valence-corrected chi connectivity index (χ1v) is 12.7. The maximum atomic E-state index is 13.8. The Labute approximate surface area is 216 Å². The Morgan fingerprint density at radius 3 is 2.51 bits per heavy atom. The normalized spacial score (nSPS) is 15.0. The summed E-state index contributed by atoms with van der Waals surface area (Å²) < 4.78 is 41.4. The first-order valence-electron chi connectivity index (χ1n) is 12.7. The molecule has 8 heteroatoms. The summed E-state index contributed by atoms with van der Waals surface area (Å²) in [5.74, 6) is -1.07. The predicted octanol–water partition coefficient (Wildman–Crippen LogP) is 6.99. The first kappa shape index (κ1) is 28.4. The van der Waals surface area contributed by atoms with Gasteiger partial charge in [-0.3, -0.25) is 0 Å². The van der Waals surface area contributed by atoms with E-state index in [2.05, 4.69) is 17.1 Å². The predicted molar refractivity (Wildman–Crippen MR) is 139 cm³/mol. The van der Waals surface area contributed by atoms with Crippen molar-refractivity contribution in [2.24, 2.45) is 5.16 Å². The highest BCUT2D eigenvalue weighted by Gasteiger charge is 2.35. The van der Waals surface area contributed by atoms with Gasteiger partial charge in [-0.25, -0.2) is 4.79 Å². The Morgan fingerprint density at radius 2 is 1.86 bits per heavy atom. The van der Waals surface area contributed by atoms with Crippen molar-refractivity contribution in [3.63, 3.8) is 0 Å². The summed E-state index contributed by atoms with van der Waals surface area (Å²) in [7, 11) is 0. The molecule has 0 unspecified atom stereocenters. The van der Waals surface area contributed by atoms with Crippen LogP contribution in [-0.2, 0) is 35.4 Å². The maximum absolute atomic E-state index is 13.8. The van der Waals surface area contributed by atoms with Gasteiger partial charge in [0, 0.05) is 18.7 Å². The summed E-state index contributed by atoms with van der Waals surface area (Å²) >= 11 is 0. The zero-order valence-corrected chi connectivity index (χ0v) is 21.5. The molecular formula is C29H35F3N2O3. The van der Waals surface area contributed by atoms with Crippen LogP contribution in [0, 0.1) is 0 Å². The second kappa shape index (κ2) is 12.9. The molecule has 0 atom stereocenters. The minimum atomic E-state index is -4.41. The Balaban J connectivity index is 1.66. The molecule has 5 nitrogen and oxygen atoms in total. The number of benzene rings is 2. The molecule has 0 bridgehead atoms. The third kappa shape index (κ3) is 7.92. The molecule has 200 valence electrons. The lowest BCUT2D eigenvalue weighted by molar-refractivity contribution is -0.138. The van der Waals surface area contributed by atoms with Crippen molar-refractivity contribution in [2.75, 3.05) is 6.54 Å². The van der Waals surface area contributed by atoms with Gasteiger partial charge in [-0.2, -0.15) is 13.2 Å². The van der Waals surface area contributed by atoms with Gasteiger partial charge in [-0.05, 0) is 72.1 Å². The smallest absolute Gasteiger partial charge is 0.416 e. The number of aryl methyl sites for hydroxylation is 1. The van der Waals surface area contributed by atoms with Gasteiger partial charge in [0.2, 0.25) is 0 Å². The van der Waals surface area contributed by atoms with Gasteiger partial charge in [0.05, 0.1) is 11.3 Å². The highest BCUT2D eigenvalue weighted by molar-refractivity contribution is 5.98. The summed E-state index contributed by atoms with van der Waals surface area (Å²) in [6.45, 7) is 7.96. The molecule has 0 saturated heterocycles. The summed E-state index contributed by atoms with van der Waals surface area (Å²) in [6.07, 6.45) is 0.992. The van der Waals surface area contributed by atoms with E-state index in [1.807, 2.05) is 25.1 Å². The topological polar surface area (TPSA) is 70.9 Å². The first-order chi connectivity index (χ1) is 17.6. The van der Waals surface area contributed by atoms with Crippen LogP contribution in [0.15, 0.2) is 53.7 Å². The maximum Gasteiger partial charge on any atom is 0.416 e. The number of carboxylic acids is 1. The second-order valence-electron chi connectivity index (χ2n) is 9.55. The minimum Gasteiger partial charge on any atom is -0.478 e. The standard InChI is InChI=1S/C29H35F3N2O3/c1-4-22-15-24(11-12-25(22)17-33-16-19(2)28(35)36)20(3)34-37-18-21-10-13-26(23-8-6-5-7-9-23)27(14-21)29(30,31)32/h10-15,23,33H,2,4-9,16-18H2,1,3H3,(H,35,36)/b34-20+. The molecular weight excluding hydrogens is 481 g/mol. The quantitative estimate of drug-likeness (QED) is 0.192. The van der Waals surface area contributed by atoms with Crippen LogP contribution in [0.25, 0.3) is 0 Å². The van der Waals surface area contributed by atoms with Crippen LogP contribution in [0.5, 0.6) is 0 Å². The number of hydrogen-bond acceptors (Lipinski definition) is 4. The van der Waals surface area contributed by atoms with E-state index in [4.69, 9.17) is 9.94 Å². The monoisotopic (exact) mass is 516 g/mol. The number of nitrogens with zero attached hydrogens (tertiary/aromatic N) is 1. The number of oxime groups is 1. The second-order valence-corrected chi connectivity index (χ2v) is 9.55. The molecule has 3 rings (SSSR count). The zero-order chi connectivity index (χ0) is 27.0. The number of halogens is 3. The summed E-state index contributed by atoms with van der Waals surface area (Å²) in [6, 6.07) is 10.4. The van der Waals surface area contributed by atoms with Crippen LogP contribution >= 0.6 is 0 Å². The molecule has 2 aromatic rings. The molecule has 37 heavy (non-hydrogen) atoms. The van der Waals surface area contributed by atoms with Crippen LogP contribution in [0.4, 0.5) is 13.2 Å². The molecule has 0 aromatic heterocycles. The molecule has 0 heterocycles. The van der Waals surface area contributed by atoms with Gasteiger partial charge in [-0.1, -0.05) is 62.2 Å². The number of carbonyl (C=O) groups is 1. The fourth-order valence-corrected chi connectivity index (χ4v) is 4.74. The molecule has 2 N–H and O–H groups in total. The number of nitrogens with one attached hydrogen (secondary N) is 1. The largest absolute Gasteiger partial charge is 0.478 e. The van der Waals surface area contributed by atoms with E-state index in [1.54, 1.807) is 19.1 Å². The molecule has 1 saturated carbocycles. The summed E-state index contributed by atoms with van der Waals surface area (Å²) in [4.78, 5) is 16.3. The molecule has 0 spiro atoms. The Kier molecular flexibility index (Phi) is 9.92. The van der Waals surface area contributed by atoms with E-state index in [1.165, 1.54) is 6.07 Å². The fourth-order valence-electron chi connectivity index (χ4n) is 4.74. The zero-order valence-electron chi connectivity index (χ0n) is 21.5. The molecule has 1 aliphatic carbocycles. The van der Waals surface area contributed by atoms with Crippen LogP contribution in [0.3, 0.4) is 0 Å². The molecule has 0 radical (unpaired) electrons. The SMILES string of the molecule is C=C(CNCc1ccc(/C(C)=N/OCc2ccc(C3CCCCC3)c(C(F)(F)F)c2)cc1CC)C(=O)O. The average molecular weight is 517 g/mol. The van der Waals surface area contributed by atoms with Crippen LogP contribution in [0.1, 0.15) is 85.3 Å². The Hall–Kier alpha value is -3.13.